The maximum absolute atomic E-state index is 13.8. The van der Waals surface area contributed by atoms with E-state index in [0.29, 0.717) is 22.8 Å². The highest BCUT2D eigenvalue weighted by molar-refractivity contribution is 6.10. The lowest BCUT2D eigenvalue weighted by atomic mass is 9.81. The zero-order valence-electron chi connectivity index (χ0n) is 21.3. The van der Waals surface area contributed by atoms with Crippen LogP contribution in [0.4, 0.5) is 0 Å². The number of rotatable bonds is 4. The van der Waals surface area contributed by atoms with Crippen LogP contribution >= 0.6 is 0 Å². The molecular formula is C30H32N6O. The first-order valence-electron chi connectivity index (χ1n) is 13.2. The summed E-state index contributed by atoms with van der Waals surface area (Å²) in [4.78, 5) is 34.5. The largest absolute Gasteiger partial charge is 0.360 e. The number of hydrogen-bond acceptors (Lipinski definition) is 5. The van der Waals surface area contributed by atoms with E-state index in [2.05, 4.69) is 38.3 Å². The van der Waals surface area contributed by atoms with Crippen LogP contribution in [0.1, 0.15) is 37.4 Å². The summed E-state index contributed by atoms with van der Waals surface area (Å²) < 4.78 is 0. The van der Waals surface area contributed by atoms with Crippen LogP contribution in [0.2, 0.25) is 0 Å². The van der Waals surface area contributed by atoms with Gasteiger partial charge in [0.15, 0.2) is 5.43 Å². The third kappa shape index (κ3) is 4.55. The number of aliphatic imine (C=N–C) groups is 1. The van der Waals surface area contributed by atoms with Crippen molar-refractivity contribution in [2.45, 2.75) is 33.1 Å². The van der Waals surface area contributed by atoms with Crippen LogP contribution < -0.4 is 10.7 Å². The van der Waals surface area contributed by atoms with Crippen LogP contribution in [0.3, 0.4) is 0 Å². The highest BCUT2D eigenvalue weighted by Gasteiger charge is 2.25. The molecule has 3 N–H and O–H groups in total. The molecule has 1 aromatic carbocycles. The standard InChI is InChI=1S/C30H32N6O/c1-18-8-13-32-27(15-22(18)20-9-11-31-12-10-20)24-16-33-25-7-6-21(14-23(25)30(24)37)28-29(35-17-34-28)26-5-3-4-19(2)36-26/h3-7,14-18,20,31H,8-13H2,1-2H3,(H,33,37)(H,34,35). The number of nitrogens with one attached hydrogen (secondary N) is 3. The Morgan fingerprint density at radius 3 is 2.73 bits per heavy atom. The molecule has 1 unspecified atom stereocenters. The van der Waals surface area contributed by atoms with E-state index < -0.39 is 0 Å². The first-order chi connectivity index (χ1) is 18.1. The van der Waals surface area contributed by atoms with Crippen molar-refractivity contribution in [3.8, 4) is 22.6 Å². The van der Waals surface area contributed by atoms with Gasteiger partial charge in [-0.2, -0.15) is 0 Å². The fraction of sp³-hybridized carbons (Fsp3) is 0.333. The Labute approximate surface area is 216 Å². The number of aromatic nitrogens is 4. The van der Waals surface area contributed by atoms with E-state index in [0.717, 1.165) is 78.5 Å². The number of aromatic amines is 2. The predicted molar refractivity (Wildman–Crippen MR) is 149 cm³/mol. The highest BCUT2D eigenvalue weighted by Crippen LogP contribution is 2.32. The molecule has 0 spiro atoms. The van der Waals surface area contributed by atoms with Crippen LogP contribution in [0.15, 0.2) is 70.4 Å². The molecule has 0 aliphatic carbocycles. The number of imidazole rings is 1. The van der Waals surface area contributed by atoms with Crippen LogP contribution in [-0.4, -0.2) is 45.3 Å². The number of aryl methyl sites for hydroxylation is 1. The number of pyridine rings is 2. The lowest BCUT2D eigenvalue weighted by molar-refractivity contribution is 0.388. The van der Waals surface area contributed by atoms with E-state index in [1.807, 2.05) is 49.5 Å². The quantitative estimate of drug-likeness (QED) is 0.372. The van der Waals surface area contributed by atoms with E-state index >= 15 is 0 Å². The van der Waals surface area contributed by atoms with Crippen molar-refractivity contribution in [3.05, 3.63) is 82.1 Å². The minimum atomic E-state index is -0.00409. The molecule has 3 aromatic heterocycles. The molecule has 6 rings (SSSR count). The molecule has 1 atom stereocenters. The zero-order chi connectivity index (χ0) is 25.4. The topological polar surface area (TPSA) is 98.8 Å². The summed E-state index contributed by atoms with van der Waals surface area (Å²) in [5.41, 5.74) is 7.93. The van der Waals surface area contributed by atoms with Gasteiger partial charge in [-0.15, -0.1) is 0 Å². The summed E-state index contributed by atoms with van der Waals surface area (Å²) in [6.07, 6.45) is 9.01. The van der Waals surface area contributed by atoms with Gasteiger partial charge in [0.05, 0.1) is 34.7 Å². The SMILES string of the molecule is Cc1cccc(-c2[nH]cnc2-c2ccc3[nH]cc(C4=NCCC(C)C(C5CCNCC5)=C4)c(=O)c3c2)n1. The zero-order valence-corrected chi connectivity index (χ0v) is 21.3. The maximum atomic E-state index is 13.8. The fourth-order valence-corrected chi connectivity index (χ4v) is 5.68. The number of nitrogens with zero attached hydrogens (tertiary/aromatic N) is 3. The number of piperidine rings is 1. The van der Waals surface area contributed by atoms with Crippen molar-refractivity contribution in [1.82, 2.24) is 25.3 Å². The Morgan fingerprint density at radius 2 is 1.89 bits per heavy atom. The smallest absolute Gasteiger partial charge is 0.198 e. The molecule has 5 heterocycles. The number of benzene rings is 1. The van der Waals surface area contributed by atoms with Crippen LogP contribution in [0.5, 0.6) is 0 Å². The van der Waals surface area contributed by atoms with Gasteiger partial charge < -0.3 is 15.3 Å². The summed E-state index contributed by atoms with van der Waals surface area (Å²) in [6.45, 7) is 7.10. The first kappa shape index (κ1) is 23.6. The molecule has 0 radical (unpaired) electrons. The van der Waals surface area contributed by atoms with E-state index in [4.69, 9.17) is 4.99 Å². The van der Waals surface area contributed by atoms with Gasteiger partial charge in [-0.25, -0.2) is 4.98 Å². The average Bonchev–Trinajstić information content (AvgIpc) is 3.33. The molecular weight excluding hydrogens is 460 g/mol. The van der Waals surface area contributed by atoms with Crippen molar-refractivity contribution in [2.24, 2.45) is 16.8 Å². The number of fused-ring (bicyclic) bond motifs is 1. The monoisotopic (exact) mass is 492 g/mol. The van der Waals surface area contributed by atoms with Crippen LogP contribution in [0.25, 0.3) is 33.5 Å². The van der Waals surface area contributed by atoms with Crippen molar-refractivity contribution >= 4 is 16.6 Å². The lowest BCUT2D eigenvalue weighted by Gasteiger charge is -2.28. The number of H-pyrrole nitrogens is 2. The average molecular weight is 493 g/mol. The Kier molecular flexibility index (Phi) is 6.30. The van der Waals surface area contributed by atoms with Crippen LogP contribution in [0, 0.1) is 18.8 Å². The summed E-state index contributed by atoms with van der Waals surface area (Å²) in [7, 11) is 0. The molecule has 1 saturated heterocycles. The Morgan fingerprint density at radius 1 is 1.03 bits per heavy atom. The molecule has 4 aromatic rings. The van der Waals surface area contributed by atoms with E-state index in [1.165, 1.54) is 5.57 Å². The highest BCUT2D eigenvalue weighted by atomic mass is 16.1. The van der Waals surface area contributed by atoms with E-state index in [9.17, 15) is 4.79 Å². The van der Waals surface area contributed by atoms with Gasteiger partial charge in [0, 0.05) is 34.9 Å². The molecule has 2 aliphatic rings. The third-order valence-corrected chi connectivity index (χ3v) is 7.74. The van der Waals surface area contributed by atoms with Crippen LogP contribution in [-0.2, 0) is 0 Å². The normalized spacial score (nSPS) is 18.9. The van der Waals surface area contributed by atoms with Gasteiger partial charge >= 0.3 is 0 Å². The first-order valence-corrected chi connectivity index (χ1v) is 13.2. The van der Waals surface area contributed by atoms with E-state index in [1.54, 1.807) is 6.33 Å². The molecule has 0 bridgehead atoms. The van der Waals surface area contributed by atoms with Crippen molar-refractivity contribution in [1.29, 1.82) is 0 Å². The minimum absolute atomic E-state index is 0.00409. The molecule has 1 fully saturated rings. The third-order valence-electron chi connectivity index (χ3n) is 7.74. The lowest BCUT2D eigenvalue weighted by Crippen LogP contribution is -2.30. The number of hydrogen-bond donors (Lipinski definition) is 3. The summed E-state index contributed by atoms with van der Waals surface area (Å²) in [5, 5.41) is 4.10. The van der Waals surface area contributed by atoms with Crippen molar-refractivity contribution < 1.29 is 0 Å². The van der Waals surface area contributed by atoms with Gasteiger partial charge in [-0.1, -0.05) is 24.6 Å². The number of allylic oxidation sites excluding steroid dienone is 2. The molecule has 188 valence electrons. The van der Waals surface area contributed by atoms with Crippen molar-refractivity contribution in [2.75, 3.05) is 19.6 Å². The predicted octanol–water partition coefficient (Wildman–Crippen LogP) is 5.04. The van der Waals surface area contributed by atoms with Gasteiger partial charge in [-0.3, -0.25) is 14.8 Å². The molecule has 37 heavy (non-hydrogen) atoms. The van der Waals surface area contributed by atoms with Gasteiger partial charge in [-0.05, 0) is 81.5 Å². The van der Waals surface area contributed by atoms with Gasteiger partial charge in [0.2, 0.25) is 0 Å². The van der Waals surface area contributed by atoms with Gasteiger partial charge in [0.1, 0.15) is 0 Å². The fourth-order valence-electron chi connectivity index (χ4n) is 5.68. The minimum Gasteiger partial charge on any atom is -0.360 e. The summed E-state index contributed by atoms with van der Waals surface area (Å²) >= 11 is 0. The molecule has 0 amide bonds. The van der Waals surface area contributed by atoms with Crippen molar-refractivity contribution in [3.63, 3.8) is 0 Å². The summed E-state index contributed by atoms with van der Waals surface area (Å²) in [6, 6.07) is 11.8. The Bertz CT molecular complexity index is 1570. The molecule has 2 aliphatic heterocycles. The maximum Gasteiger partial charge on any atom is 0.198 e. The second kappa shape index (κ2) is 9.90. The van der Waals surface area contributed by atoms with Gasteiger partial charge in [0.25, 0.3) is 0 Å². The molecule has 7 nitrogen and oxygen atoms in total. The summed E-state index contributed by atoms with van der Waals surface area (Å²) in [5.74, 6) is 1.03. The second-order valence-corrected chi connectivity index (χ2v) is 10.2. The molecule has 0 saturated carbocycles. The second-order valence-electron chi connectivity index (χ2n) is 10.2. The Balaban J connectivity index is 1.42. The van der Waals surface area contributed by atoms with E-state index in [-0.39, 0.29) is 5.43 Å². The molecule has 7 heteroatoms. The Hall–Kier alpha value is -3.84.